The molecule has 0 saturated heterocycles. The molecule has 0 bridgehead atoms. The maximum Gasteiger partial charge on any atom is 0.227 e. The molecule has 0 aromatic carbocycles. The Morgan fingerprint density at radius 2 is 2.06 bits per heavy atom. The molecular formula is C14H28N2O2. The van der Waals surface area contributed by atoms with Crippen molar-refractivity contribution in [1.82, 2.24) is 4.90 Å². The van der Waals surface area contributed by atoms with Crippen LogP contribution in [0.1, 0.15) is 47.0 Å². The van der Waals surface area contributed by atoms with E-state index in [4.69, 9.17) is 5.73 Å². The maximum absolute atomic E-state index is 12.6. The van der Waals surface area contributed by atoms with Gasteiger partial charge in [-0.05, 0) is 39.5 Å². The Kier molecular flexibility index (Phi) is 5.17. The summed E-state index contributed by atoms with van der Waals surface area (Å²) < 4.78 is 0. The number of amides is 1. The lowest BCUT2D eigenvalue weighted by molar-refractivity contribution is -0.141. The van der Waals surface area contributed by atoms with E-state index in [0.717, 1.165) is 19.3 Å². The Morgan fingerprint density at radius 1 is 1.44 bits per heavy atom. The molecule has 1 rings (SSSR count). The zero-order valence-corrected chi connectivity index (χ0v) is 12.1. The van der Waals surface area contributed by atoms with E-state index in [-0.39, 0.29) is 17.9 Å². The predicted octanol–water partition coefficient (Wildman–Crippen LogP) is 1.37. The molecule has 0 radical (unpaired) electrons. The Labute approximate surface area is 111 Å². The van der Waals surface area contributed by atoms with E-state index in [0.29, 0.717) is 19.0 Å². The van der Waals surface area contributed by atoms with Gasteiger partial charge in [0.05, 0.1) is 11.5 Å². The average molecular weight is 256 g/mol. The van der Waals surface area contributed by atoms with Gasteiger partial charge in [-0.25, -0.2) is 0 Å². The number of aliphatic hydroxyl groups is 1. The van der Waals surface area contributed by atoms with Crippen LogP contribution in [-0.2, 0) is 4.79 Å². The van der Waals surface area contributed by atoms with Crippen LogP contribution >= 0.6 is 0 Å². The molecule has 106 valence electrons. The molecule has 1 amide bonds. The molecule has 3 atom stereocenters. The molecular weight excluding hydrogens is 228 g/mol. The van der Waals surface area contributed by atoms with E-state index in [1.165, 1.54) is 0 Å². The minimum absolute atomic E-state index is 0.0305. The number of rotatable bonds is 4. The van der Waals surface area contributed by atoms with Gasteiger partial charge in [0.25, 0.3) is 0 Å². The highest BCUT2D eigenvalue weighted by molar-refractivity contribution is 5.80. The van der Waals surface area contributed by atoms with Gasteiger partial charge < -0.3 is 15.7 Å². The van der Waals surface area contributed by atoms with Crippen LogP contribution in [0.15, 0.2) is 0 Å². The zero-order chi connectivity index (χ0) is 13.9. The molecule has 0 aliphatic heterocycles. The highest BCUT2D eigenvalue weighted by Crippen LogP contribution is 2.30. The summed E-state index contributed by atoms with van der Waals surface area (Å²) in [5.41, 5.74) is 5.26. The highest BCUT2D eigenvalue weighted by atomic mass is 16.3. The summed E-state index contributed by atoms with van der Waals surface area (Å²) in [6.07, 6.45) is 3.12. The second-order valence-corrected chi connectivity index (χ2v) is 6.26. The van der Waals surface area contributed by atoms with Gasteiger partial charge in [0, 0.05) is 19.1 Å². The second-order valence-electron chi connectivity index (χ2n) is 6.26. The maximum atomic E-state index is 12.6. The van der Waals surface area contributed by atoms with Crippen LogP contribution in [0.25, 0.3) is 0 Å². The van der Waals surface area contributed by atoms with Gasteiger partial charge in [-0.15, -0.1) is 0 Å². The summed E-state index contributed by atoms with van der Waals surface area (Å²) >= 11 is 0. The van der Waals surface area contributed by atoms with Crippen LogP contribution in [0.4, 0.5) is 0 Å². The number of carbonyl (C=O) groups excluding carboxylic acids is 1. The molecule has 4 heteroatoms. The van der Waals surface area contributed by atoms with E-state index >= 15 is 0 Å². The Bertz CT molecular complexity index is 276. The number of nitrogens with two attached hydrogens (primary N) is 1. The molecule has 0 heterocycles. The monoisotopic (exact) mass is 256 g/mol. The molecule has 4 nitrogen and oxygen atoms in total. The Morgan fingerprint density at radius 3 is 2.50 bits per heavy atom. The van der Waals surface area contributed by atoms with Crippen LogP contribution in [0.3, 0.4) is 0 Å². The van der Waals surface area contributed by atoms with Crippen molar-refractivity contribution in [2.45, 2.75) is 58.6 Å². The van der Waals surface area contributed by atoms with Gasteiger partial charge in [-0.2, -0.15) is 0 Å². The first-order chi connectivity index (χ1) is 8.26. The SMILES string of the molecule is CCN(CC(C)(C)O)C(=O)C1C(C)CCCC1N. The van der Waals surface area contributed by atoms with E-state index in [9.17, 15) is 9.90 Å². The fourth-order valence-corrected chi connectivity index (χ4v) is 2.91. The minimum atomic E-state index is -0.854. The van der Waals surface area contributed by atoms with Crippen LogP contribution < -0.4 is 5.73 Å². The standard InChI is InChI=1S/C14H28N2O2/c1-5-16(9-14(3,4)18)13(17)12-10(2)7-6-8-11(12)15/h10-12,18H,5-9,15H2,1-4H3. The lowest BCUT2D eigenvalue weighted by Gasteiger charge is -2.38. The molecule has 0 spiro atoms. The Balaban J connectivity index is 2.76. The first-order valence-corrected chi connectivity index (χ1v) is 7.03. The van der Waals surface area contributed by atoms with Gasteiger partial charge in [0.1, 0.15) is 0 Å². The number of carbonyl (C=O) groups is 1. The number of likely N-dealkylation sites (N-methyl/N-ethyl adjacent to an activating group) is 1. The quantitative estimate of drug-likeness (QED) is 0.798. The number of nitrogens with zero attached hydrogens (tertiary/aromatic N) is 1. The molecule has 3 unspecified atom stereocenters. The summed E-state index contributed by atoms with van der Waals surface area (Å²) in [6, 6.07) is -0.0305. The van der Waals surface area contributed by atoms with Crippen molar-refractivity contribution in [2.24, 2.45) is 17.6 Å². The summed E-state index contributed by atoms with van der Waals surface area (Å²) in [5, 5.41) is 9.87. The number of hydrogen-bond donors (Lipinski definition) is 2. The molecule has 1 saturated carbocycles. The molecule has 1 aliphatic rings. The molecule has 3 N–H and O–H groups in total. The first kappa shape index (κ1) is 15.4. The normalized spacial score (nSPS) is 29.1. The summed E-state index contributed by atoms with van der Waals surface area (Å²) in [4.78, 5) is 14.3. The average Bonchev–Trinajstić information content (AvgIpc) is 2.24. The van der Waals surface area contributed by atoms with Crippen LogP contribution in [0.5, 0.6) is 0 Å². The lowest BCUT2D eigenvalue weighted by atomic mass is 9.76. The topological polar surface area (TPSA) is 66.6 Å². The summed E-state index contributed by atoms with van der Waals surface area (Å²) in [5.74, 6) is 0.373. The van der Waals surface area contributed by atoms with Crippen molar-refractivity contribution < 1.29 is 9.90 Å². The third-order valence-corrected chi connectivity index (χ3v) is 3.83. The van der Waals surface area contributed by atoms with E-state index in [1.807, 2.05) is 6.92 Å². The smallest absolute Gasteiger partial charge is 0.227 e. The predicted molar refractivity (Wildman–Crippen MR) is 73.0 cm³/mol. The molecule has 1 aliphatic carbocycles. The van der Waals surface area contributed by atoms with Gasteiger partial charge in [0.15, 0.2) is 0 Å². The first-order valence-electron chi connectivity index (χ1n) is 7.03. The van der Waals surface area contributed by atoms with Crippen LogP contribution in [-0.4, -0.2) is 40.6 Å². The van der Waals surface area contributed by atoms with E-state index < -0.39 is 5.60 Å². The van der Waals surface area contributed by atoms with Gasteiger partial charge in [-0.1, -0.05) is 13.3 Å². The third kappa shape index (κ3) is 3.95. The van der Waals surface area contributed by atoms with Gasteiger partial charge in [-0.3, -0.25) is 4.79 Å². The summed E-state index contributed by atoms with van der Waals surface area (Å²) in [7, 11) is 0. The highest BCUT2D eigenvalue weighted by Gasteiger charge is 2.37. The van der Waals surface area contributed by atoms with Crippen molar-refractivity contribution in [2.75, 3.05) is 13.1 Å². The van der Waals surface area contributed by atoms with Gasteiger partial charge >= 0.3 is 0 Å². The van der Waals surface area contributed by atoms with Crippen LogP contribution in [0, 0.1) is 11.8 Å². The molecule has 0 aromatic rings. The second kappa shape index (κ2) is 6.02. The van der Waals surface area contributed by atoms with E-state index in [1.54, 1.807) is 18.7 Å². The van der Waals surface area contributed by atoms with Crippen molar-refractivity contribution in [3.8, 4) is 0 Å². The minimum Gasteiger partial charge on any atom is -0.389 e. The lowest BCUT2D eigenvalue weighted by Crippen LogP contribution is -2.51. The van der Waals surface area contributed by atoms with Crippen molar-refractivity contribution in [3.05, 3.63) is 0 Å². The van der Waals surface area contributed by atoms with Crippen molar-refractivity contribution in [1.29, 1.82) is 0 Å². The van der Waals surface area contributed by atoms with Crippen LogP contribution in [0.2, 0.25) is 0 Å². The molecule has 1 fully saturated rings. The zero-order valence-electron chi connectivity index (χ0n) is 12.1. The van der Waals surface area contributed by atoms with Gasteiger partial charge in [0.2, 0.25) is 5.91 Å². The fourth-order valence-electron chi connectivity index (χ4n) is 2.91. The largest absolute Gasteiger partial charge is 0.389 e. The van der Waals surface area contributed by atoms with Crippen molar-refractivity contribution in [3.63, 3.8) is 0 Å². The fraction of sp³-hybridized carbons (Fsp3) is 0.929. The molecule has 0 aromatic heterocycles. The number of hydrogen-bond acceptors (Lipinski definition) is 3. The molecule has 18 heavy (non-hydrogen) atoms. The Hall–Kier alpha value is -0.610. The van der Waals surface area contributed by atoms with E-state index in [2.05, 4.69) is 6.92 Å². The summed E-state index contributed by atoms with van der Waals surface area (Å²) in [6.45, 7) is 8.51. The van der Waals surface area contributed by atoms with Crippen molar-refractivity contribution >= 4 is 5.91 Å². The third-order valence-electron chi connectivity index (χ3n) is 3.83.